The van der Waals surface area contributed by atoms with Crippen molar-refractivity contribution in [1.29, 1.82) is 0 Å². The summed E-state index contributed by atoms with van der Waals surface area (Å²) in [6.07, 6.45) is 0. The van der Waals surface area contributed by atoms with Gasteiger partial charge in [0.1, 0.15) is 5.56 Å². The molecule has 0 aliphatic carbocycles. The van der Waals surface area contributed by atoms with Gasteiger partial charge in [0.2, 0.25) is 0 Å². The van der Waals surface area contributed by atoms with Crippen molar-refractivity contribution in [2.75, 3.05) is 52.0 Å². The Hall–Kier alpha value is -2.01. The molecule has 0 heterocycles. The summed E-state index contributed by atoms with van der Waals surface area (Å²) in [5.41, 5.74) is -1.32. The lowest BCUT2D eigenvalue weighted by atomic mass is 10.1. The molecule has 0 aromatic heterocycles. The Balaban J connectivity index is 3.34. The van der Waals surface area contributed by atoms with Gasteiger partial charge in [-0.2, -0.15) is 0 Å². The van der Waals surface area contributed by atoms with Crippen molar-refractivity contribution in [3.8, 4) is 0 Å². The van der Waals surface area contributed by atoms with E-state index in [-0.39, 0.29) is 23.9 Å². The molecule has 0 atom stereocenters. The van der Waals surface area contributed by atoms with Gasteiger partial charge in [-0.05, 0) is 20.2 Å². The van der Waals surface area contributed by atoms with Crippen LogP contribution in [-0.4, -0.2) is 82.7 Å². The molecule has 150 valence electrons. The molecule has 0 aliphatic rings. The first-order chi connectivity index (χ1) is 12.7. The van der Waals surface area contributed by atoms with E-state index >= 15 is 0 Å². The predicted molar refractivity (Wildman–Crippen MR) is 102 cm³/mol. The standard InChI is InChI=1S/C15H21Cl2N5O5/c1-18(2)9-10-20(19(7-5-16)8-6-17)15(23)13-4-3-12(21(24)25)11-14(13)22(26)27/h3-4,11H,5-10H2,1-2H3. The Morgan fingerprint density at radius 2 is 1.59 bits per heavy atom. The van der Waals surface area contributed by atoms with Crippen LogP contribution in [0, 0.1) is 20.2 Å². The molecule has 1 aromatic carbocycles. The van der Waals surface area contributed by atoms with E-state index in [0.717, 1.165) is 18.2 Å². The van der Waals surface area contributed by atoms with Crippen LogP contribution in [-0.2, 0) is 0 Å². The van der Waals surface area contributed by atoms with Crippen LogP contribution in [0.4, 0.5) is 11.4 Å². The Bertz CT molecular complexity index is 683. The maximum Gasteiger partial charge on any atom is 0.289 e. The molecule has 0 saturated heterocycles. The minimum Gasteiger partial charge on any atom is -0.308 e. The van der Waals surface area contributed by atoms with Crippen LogP contribution in [0.25, 0.3) is 0 Å². The number of hydrogen-bond donors (Lipinski definition) is 0. The number of benzene rings is 1. The van der Waals surface area contributed by atoms with Crippen LogP contribution in [0.15, 0.2) is 18.2 Å². The molecule has 0 fully saturated rings. The van der Waals surface area contributed by atoms with Crippen LogP contribution < -0.4 is 0 Å². The van der Waals surface area contributed by atoms with E-state index in [9.17, 15) is 25.0 Å². The molecule has 0 N–H and O–H groups in total. The fraction of sp³-hybridized carbons (Fsp3) is 0.533. The Kier molecular flexibility index (Phi) is 9.36. The molecule has 27 heavy (non-hydrogen) atoms. The number of rotatable bonds is 11. The molecule has 0 aliphatic heterocycles. The van der Waals surface area contributed by atoms with E-state index in [1.807, 2.05) is 19.0 Å². The van der Waals surface area contributed by atoms with Gasteiger partial charge < -0.3 is 4.90 Å². The first-order valence-electron chi connectivity index (χ1n) is 7.99. The number of nitro benzene ring substituents is 2. The lowest BCUT2D eigenvalue weighted by molar-refractivity contribution is -0.394. The molecule has 1 rings (SSSR count). The highest BCUT2D eigenvalue weighted by Gasteiger charge is 2.30. The first kappa shape index (κ1) is 23.0. The van der Waals surface area contributed by atoms with Gasteiger partial charge in [-0.3, -0.25) is 30.0 Å². The van der Waals surface area contributed by atoms with E-state index < -0.39 is 27.1 Å². The minimum absolute atomic E-state index is 0.227. The van der Waals surface area contributed by atoms with Crippen LogP contribution in [0.3, 0.4) is 0 Å². The van der Waals surface area contributed by atoms with E-state index in [4.69, 9.17) is 23.2 Å². The maximum atomic E-state index is 13.1. The second-order valence-electron chi connectivity index (χ2n) is 5.78. The van der Waals surface area contributed by atoms with Gasteiger partial charge in [0.15, 0.2) is 0 Å². The fourth-order valence-corrected chi connectivity index (χ4v) is 2.71. The van der Waals surface area contributed by atoms with E-state index in [0.29, 0.717) is 19.6 Å². The molecule has 1 amide bonds. The van der Waals surface area contributed by atoms with Gasteiger partial charge in [-0.25, -0.2) is 5.01 Å². The Labute approximate surface area is 166 Å². The molecule has 0 bridgehead atoms. The lowest BCUT2D eigenvalue weighted by Gasteiger charge is -2.35. The molecule has 0 spiro atoms. The number of hydrazine groups is 1. The van der Waals surface area contributed by atoms with E-state index in [1.165, 1.54) is 5.01 Å². The van der Waals surface area contributed by atoms with Gasteiger partial charge in [-0.15, -0.1) is 23.2 Å². The first-order valence-corrected chi connectivity index (χ1v) is 9.06. The number of nitrogens with zero attached hydrogens (tertiary/aromatic N) is 5. The van der Waals surface area contributed by atoms with Crippen molar-refractivity contribution in [1.82, 2.24) is 14.9 Å². The van der Waals surface area contributed by atoms with Crippen LogP contribution >= 0.6 is 23.2 Å². The van der Waals surface area contributed by atoms with E-state index in [1.54, 1.807) is 5.01 Å². The number of carbonyl (C=O) groups is 1. The summed E-state index contributed by atoms with van der Waals surface area (Å²) in [6.45, 7) is 1.36. The highest BCUT2D eigenvalue weighted by atomic mass is 35.5. The summed E-state index contributed by atoms with van der Waals surface area (Å²) in [4.78, 5) is 35.6. The van der Waals surface area contributed by atoms with Crippen molar-refractivity contribution in [3.05, 3.63) is 44.0 Å². The topological polar surface area (TPSA) is 113 Å². The van der Waals surface area contributed by atoms with Crippen molar-refractivity contribution in [2.24, 2.45) is 0 Å². The molecule has 1 aromatic rings. The van der Waals surface area contributed by atoms with Gasteiger partial charge in [0.05, 0.1) is 22.5 Å². The molecule has 12 heteroatoms. The summed E-state index contributed by atoms with van der Waals surface area (Å²) in [5.74, 6) is -0.190. The number of carbonyl (C=O) groups excluding carboxylic acids is 1. The third-order valence-corrected chi connectivity index (χ3v) is 3.98. The van der Waals surface area contributed by atoms with Crippen LogP contribution in [0.5, 0.6) is 0 Å². The molecule has 10 nitrogen and oxygen atoms in total. The SMILES string of the molecule is CN(C)CCN(C(=O)c1ccc([N+](=O)[O-])cc1[N+](=O)[O-])N(CCCl)CCCl. The number of amides is 1. The third kappa shape index (κ3) is 6.58. The monoisotopic (exact) mass is 421 g/mol. The predicted octanol–water partition coefficient (Wildman–Crippen LogP) is 2.20. The molecular formula is C15H21Cl2N5O5. The summed E-state index contributed by atoms with van der Waals surface area (Å²) in [5, 5.41) is 25.2. The second kappa shape index (κ2) is 11.0. The lowest BCUT2D eigenvalue weighted by Crippen LogP contribution is -2.50. The summed E-state index contributed by atoms with van der Waals surface area (Å²) >= 11 is 11.6. The van der Waals surface area contributed by atoms with Gasteiger partial charge in [0, 0.05) is 37.5 Å². The molecule has 0 unspecified atom stereocenters. The Morgan fingerprint density at radius 3 is 2.04 bits per heavy atom. The minimum atomic E-state index is -0.808. The number of hydrogen-bond acceptors (Lipinski definition) is 7. The zero-order chi connectivity index (χ0) is 20.6. The average molecular weight is 422 g/mol. The van der Waals surface area contributed by atoms with Gasteiger partial charge >= 0.3 is 0 Å². The number of likely N-dealkylation sites (N-methyl/N-ethyl adjacent to an activating group) is 1. The van der Waals surface area contributed by atoms with Crippen molar-refractivity contribution in [3.63, 3.8) is 0 Å². The second-order valence-corrected chi connectivity index (χ2v) is 6.53. The van der Waals surface area contributed by atoms with Gasteiger partial charge in [-0.1, -0.05) is 0 Å². The van der Waals surface area contributed by atoms with Crippen LogP contribution in [0.1, 0.15) is 10.4 Å². The Morgan fingerprint density at radius 1 is 1.00 bits per heavy atom. The van der Waals surface area contributed by atoms with Gasteiger partial charge in [0.25, 0.3) is 17.3 Å². The highest BCUT2D eigenvalue weighted by Crippen LogP contribution is 2.26. The number of non-ortho nitro benzene ring substituents is 1. The summed E-state index contributed by atoms with van der Waals surface area (Å²) in [7, 11) is 3.65. The van der Waals surface area contributed by atoms with Crippen molar-refractivity contribution >= 4 is 40.5 Å². The zero-order valence-electron chi connectivity index (χ0n) is 15.0. The number of halogens is 2. The number of nitro groups is 2. The maximum absolute atomic E-state index is 13.1. The highest BCUT2D eigenvalue weighted by molar-refractivity contribution is 6.18. The number of alkyl halides is 2. The third-order valence-electron chi connectivity index (χ3n) is 3.64. The summed E-state index contributed by atoms with van der Waals surface area (Å²) < 4.78 is 0. The average Bonchev–Trinajstić information content (AvgIpc) is 2.61. The zero-order valence-corrected chi connectivity index (χ0v) is 16.5. The van der Waals surface area contributed by atoms with Crippen LogP contribution in [0.2, 0.25) is 0 Å². The normalized spacial score (nSPS) is 11.0. The van der Waals surface area contributed by atoms with E-state index in [2.05, 4.69) is 0 Å². The quantitative estimate of drug-likeness (QED) is 0.305. The van der Waals surface area contributed by atoms with Crippen molar-refractivity contribution in [2.45, 2.75) is 0 Å². The molecule has 0 saturated carbocycles. The fourth-order valence-electron chi connectivity index (χ4n) is 2.32. The summed E-state index contributed by atoms with van der Waals surface area (Å²) in [6, 6.07) is 2.95. The smallest absolute Gasteiger partial charge is 0.289 e. The largest absolute Gasteiger partial charge is 0.308 e. The molecular weight excluding hydrogens is 401 g/mol. The molecule has 0 radical (unpaired) electrons. The van der Waals surface area contributed by atoms with Crippen molar-refractivity contribution < 1.29 is 14.6 Å².